The van der Waals surface area contributed by atoms with E-state index in [0.29, 0.717) is 18.8 Å². The molecular weight excluding hydrogens is 354 g/mol. The van der Waals surface area contributed by atoms with Gasteiger partial charge in [0.2, 0.25) is 5.91 Å². The first kappa shape index (κ1) is 18.8. The largest absolute Gasteiger partial charge is 0.496 e. The number of halogens is 2. The molecular formula is C20H20F2N2O3. The molecule has 0 aromatic heterocycles. The number of ether oxygens (including phenoxy) is 1. The number of hydrogen-bond acceptors (Lipinski definition) is 3. The molecule has 0 saturated carbocycles. The maximum atomic E-state index is 13.8. The second kappa shape index (κ2) is 8.16. The van der Waals surface area contributed by atoms with Crippen LogP contribution in [0.3, 0.4) is 0 Å². The van der Waals surface area contributed by atoms with Crippen LogP contribution in [0.5, 0.6) is 5.75 Å². The van der Waals surface area contributed by atoms with Gasteiger partial charge in [-0.15, -0.1) is 0 Å². The van der Waals surface area contributed by atoms with Gasteiger partial charge in [-0.05, 0) is 24.3 Å². The molecule has 0 bridgehead atoms. The number of hydrogen-bond donors (Lipinski definition) is 0. The van der Waals surface area contributed by atoms with E-state index in [9.17, 15) is 18.4 Å². The van der Waals surface area contributed by atoms with E-state index in [-0.39, 0.29) is 31.0 Å². The van der Waals surface area contributed by atoms with E-state index in [2.05, 4.69) is 0 Å². The SMILES string of the molecule is COc1ccccc1CC(=O)N1CCN(C(=O)c2cc(F)ccc2F)CC1. The third-order valence-electron chi connectivity index (χ3n) is 4.61. The molecule has 1 aliphatic heterocycles. The van der Waals surface area contributed by atoms with Crippen molar-refractivity contribution in [2.75, 3.05) is 33.3 Å². The molecule has 5 nitrogen and oxygen atoms in total. The lowest BCUT2D eigenvalue weighted by atomic mass is 10.1. The highest BCUT2D eigenvalue weighted by Gasteiger charge is 2.26. The summed E-state index contributed by atoms with van der Waals surface area (Å²) in [5, 5.41) is 0. The van der Waals surface area contributed by atoms with Gasteiger partial charge in [0.15, 0.2) is 0 Å². The van der Waals surface area contributed by atoms with Gasteiger partial charge in [-0.1, -0.05) is 18.2 Å². The van der Waals surface area contributed by atoms with Crippen molar-refractivity contribution in [1.82, 2.24) is 9.80 Å². The molecule has 0 radical (unpaired) electrons. The standard InChI is InChI=1S/C20H20F2N2O3/c1-27-18-5-3-2-4-14(18)12-19(25)23-8-10-24(11-9-23)20(26)16-13-15(21)6-7-17(16)22/h2-7,13H,8-12H2,1H3. The number of carbonyl (C=O) groups is 2. The number of benzene rings is 2. The van der Waals surface area contributed by atoms with Crippen LogP contribution in [0.15, 0.2) is 42.5 Å². The first-order valence-corrected chi connectivity index (χ1v) is 8.63. The first-order chi connectivity index (χ1) is 13.0. The lowest BCUT2D eigenvalue weighted by molar-refractivity contribution is -0.131. The highest BCUT2D eigenvalue weighted by atomic mass is 19.1. The average Bonchev–Trinajstić information content (AvgIpc) is 2.69. The summed E-state index contributed by atoms with van der Waals surface area (Å²) in [4.78, 5) is 28.1. The smallest absolute Gasteiger partial charge is 0.257 e. The zero-order valence-electron chi connectivity index (χ0n) is 15.0. The van der Waals surface area contributed by atoms with Gasteiger partial charge in [0.25, 0.3) is 5.91 Å². The van der Waals surface area contributed by atoms with E-state index in [4.69, 9.17) is 4.74 Å². The van der Waals surface area contributed by atoms with Crippen LogP contribution in [0.4, 0.5) is 8.78 Å². The molecule has 1 saturated heterocycles. The Labute approximate surface area is 156 Å². The van der Waals surface area contributed by atoms with Crippen LogP contribution >= 0.6 is 0 Å². The zero-order valence-corrected chi connectivity index (χ0v) is 15.0. The molecule has 1 fully saturated rings. The highest BCUT2D eigenvalue weighted by Crippen LogP contribution is 2.19. The summed E-state index contributed by atoms with van der Waals surface area (Å²) < 4.78 is 32.4. The summed E-state index contributed by atoms with van der Waals surface area (Å²) >= 11 is 0. The second-order valence-electron chi connectivity index (χ2n) is 6.29. The molecule has 2 aromatic carbocycles. The molecule has 0 spiro atoms. The van der Waals surface area contributed by atoms with Crippen LogP contribution < -0.4 is 4.74 Å². The van der Waals surface area contributed by atoms with Crippen molar-refractivity contribution < 1.29 is 23.1 Å². The highest BCUT2D eigenvalue weighted by molar-refractivity contribution is 5.94. The third kappa shape index (κ3) is 4.24. The predicted octanol–water partition coefficient (Wildman–Crippen LogP) is 2.50. The zero-order chi connectivity index (χ0) is 19.4. The number of rotatable bonds is 4. The van der Waals surface area contributed by atoms with Crippen molar-refractivity contribution in [2.45, 2.75) is 6.42 Å². The topological polar surface area (TPSA) is 49.9 Å². The Morgan fingerprint density at radius 1 is 1.00 bits per heavy atom. The van der Waals surface area contributed by atoms with Crippen LogP contribution in [0.1, 0.15) is 15.9 Å². The van der Waals surface area contributed by atoms with Crippen LogP contribution in [-0.4, -0.2) is 54.9 Å². The molecule has 0 atom stereocenters. The van der Waals surface area contributed by atoms with Gasteiger partial charge >= 0.3 is 0 Å². The number of para-hydroxylation sites is 1. The minimum atomic E-state index is -0.754. The van der Waals surface area contributed by atoms with Crippen LogP contribution in [0, 0.1) is 11.6 Å². The van der Waals surface area contributed by atoms with E-state index in [1.165, 1.54) is 4.90 Å². The summed E-state index contributed by atoms with van der Waals surface area (Å²) in [6, 6.07) is 10.1. The van der Waals surface area contributed by atoms with E-state index in [1.54, 1.807) is 18.1 Å². The Bertz CT molecular complexity index is 849. The minimum Gasteiger partial charge on any atom is -0.496 e. The van der Waals surface area contributed by atoms with E-state index < -0.39 is 17.5 Å². The number of carbonyl (C=O) groups excluding carboxylic acids is 2. The maximum absolute atomic E-state index is 13.8. The molecule has 3 rings (SSSR count). The van der Waals surface area contributed by atoms with Gasteiger partial charge in [-0.2, -0.15) is 0 Å². The van der Waals surface area contributed by atoms with E-state index in [1.807, 2.05) is 18.2 Å². The second-order valence-corrected chi connectivity index (χ2v) is 6.29. The lowest BCUT2D eigenvalue weighted by Gasteiger charge is -2.35. The number of nitrogens with zero attached hydrogens (tertiary/aromatic N) is 2. The summed E-state index contributed by atoms with van der Waals surface area (Å²) in [5.41, 5.74) is 0.508. The fourth-order valence-electron chi connectivity index (χ4n) is 3.11. The van der Waals surface area contributed by atoms with Crippen LogP contribution in [-0.2, 0) is 11.2 Å². The van der Waals surface area contributed by atoms with Crippen molar-refractivity contribution in [3.63, 3.8) is 0 Å². The molecule has 1 heterocycles. The van der Waals surface area contributed by atoms with Crippen molar-refractivity contribution in [1.29, 1.82) is 0 Å². The summed E-state index contributed by atoms with van der Waals surface area (Å²) in [7, 11) is 1.55. The van der Waals surface area contributed by atoms with E-state index >= 15 is 0 Å². The van der Waals surface area contributed by atoms with Gasteiger partial charge in [0, 0.05) is 31.7 Å². The number of methoxy groups -OCH3 is 1. The molecule has 2 aromatic rings. The molecule has 0 N–H and O–H groups in total. The fraction of sp³-hybridized carbons (Fsp3) is 0.300. The number of piperazine rings is 1. The monoisotopic (exact) mass is 374 g/mol. The van der Waals surface area contributed by atoms with Crippen molar-refractivity contribution >= 4 is 11.8 Å². The molecule has 0 aliphatic carbocycles. The Morgan fingerprint density at radius 3 is 2.37 bits per heavy atom. The average molecular weight is 374 g/mol. The Kier molecular flexibility index (Phi) is 5.69. The van der Waals surface area contributed by atoms with E-state index in [0.717, 1.165) is 23.8 Å². The first-order valence-electron chi connectivity index (χ1n) is 8.63. The van der Waals surface area contributed by atoms with Gasteiger partial charge in [0.1, 0.15) is 17.4 Å². The normalized spacial score (nSPS) is 14.2. The Morgan fingerprint density at radius 2 is 1.67 bits per heavy atom. The lowest BCUT2D eigenvalue weighted by Crippen LogP contribution is -2.51. The van der Waals surface area contributed by atoms with Gasteiger partial charge in [-0.3, -0.25) is 9.59 Å². The van der Waals surface area contributed by atoms with Crippen molar-refractivity contribution in [3.8, 4) is 5.75 Å². The molecule has 0 unspecified atom stereocenters. The summed E-state index contributed by atoms with van der Waals surface area (Å²) in [6.45, 7) is 1.23. The minimum absolute atomic E-state index is 0.0662. The quantitative estimate of drug-likeness (QED) is 0.826. The van der Waals surface area contributed by atoms with Crippen molar-refractivity contribution in [2.24, 2.45) is 0 Å². The van der Waals surface area contributed by atoms with Gasteiger partial charge in [-0.25, -0.2) is 8.78 Å². The fourth-order valence-corrected chi connectivity index (χ4v) is 3.11. The summed E-state index contributed by atoms with van der Waals surface area (Å²) in [5.74, 6) is -1.39. The van der Waals surface area contributed by atoms with Crippen LogP contribution in [0.2, 0.25) is 0 Å². The van der Waals surface area contributed by atoms with Crippen LogP contribution in [0.25, 0.3) is 0 Å². The molecule has 2 amide bonds. The predicted molar refractivity (Wildman–Crippen MR) is 95.5 cm³/mol. The van der Waals surface area contributed by atoms with Crippen molar-refractivity contribution in [3.05, 3.63) is 65.2 Å². The van der Waals surface area contributed by atoms with Gasteiger partial charge < -0.3 is 14.5 Å². The number of amides is 2. The Hall–Kier alpha value is -2.96. The molecule has 27 heavy (non-hydrogen) atoms. The maximum Gasteiger partial charge on any atom is 0.257 e. The summed E-state index contributed by atoms with van der Waals surface area (Å²) in [6.07, 6.45) is 0.205. The molecule has 142 valence electrons. The molecule has 1 aliphatic rings. The molecule has 7 heteroatoms. The Balaban J connectivity index is 1.60. The third-order valence-corrected chi connectivity index (χ3v) is 4.61. The van der Waals surface area contributed by atoms with Gasteiger partial charge in [0.05, 0.1) is 19.1 Å².